The lowest BCUT2D eigenvalue weighted by atomic mass is 9.89. The lowest BCUT2D eigenvalue weighted by Crippen LogP contribution is -2.00. The number of hydrogen-bond acceptors (Lipinski definition) is 3. The average molecular weight is 736 g/mol. The Morgan fingerprint density at radius 1 is 0.241 bits per heavy atom. The van der Waals surface area contributed by atoms with E-state index in [0.717, 1.165) is 33.4 Å². The molecule has 1 aromatic heterocycles. The molecule has 1 aliphatic carbocycles. The van der Waals surface area contributed by atoms with Crippen molar-refractivity contribution in [3.05, 3.63) is 200 Å². The fourth-order valence-corrected chi connectivity index (χ4v) is 9.08. The Balaban J connectivity index is 1.02. The summed E-state index contributed by atoms with van der Waals surface area (Å²) < 4.78 is 0. The molecule has 12 rings (SSSR count). The molecule has 0 saturated heterocycles. The number of fused-ring (bicyclic) bond motifs is 7. The monoisotopic (exact) mass is 735 g/mol. The number of nitrogens with zero attached hydrogens (tertiary/aromatic N) is 3. The topological polar surface area (TPSA) is 38.7 Å². The fourth-order valence-electron chi connectivity index (χ4n) is 9.08. The number of benzene rings is 10. The van der Waals surface area contributed by atoms with Crippen molar-refractivity contribution in [1.29, 1.82) is 0 Å². The Kier molecular flexibility index (Phi) is 7.23. The second kappa shape index (κ2) is 12.9. The van der Waals surface area contributed by atoms with Crippen molar-refractivity contribution in [2.24, 2.45) is 0 Å². The highest BCUT2D eigenvalue weighted by molar-refractivity contribution is 6.20. The van der Waals surface area contributed by atoms with Crippen LogP contribution in [0.2, 0.25) is 0 Å². The standard InChI is InChI=1S/C55H33N3/c1-2-11-34(12-3-1)39-17-8-18-41(31-39)54-56-53(57-55(58-54)42-28-29-45-46-21-9-15-36-16-10-22-47(52(36)46)50(45)33-42)38-25-23-37(24-26-38)51-44-20-7-5-14-40(44)32-49-43-19-6-4-13-35(43)27-30-48(49)51/h1-33H. The quantitative estimate of drug-likeness (QED) is 0.130. The molecular formula is C55H33N3. The van der Waals surface area contributed by atoms with Gasteiger partial charge in [-0.15, -0.1) is 0 Å². The molecule has 0 saturated carbocycles. The van der Waals surface area contributed by atoms with Crippen molar-refractivity contribution in [2.45, 2.75) is 0 Å². The van der Waals surface area contributed by atoms with Crippen LogP contribution in [0.3, 0.4) is 0 Å². The minimum atomic E-state index is 0.635. The van der Waals surface area contributed by atoms with Gasteiger partial charge in [-0.2, -0.15) is 0 Å². The molecule has 10 aromatic carbocycles. The Morgan fingerprint density at radius 3 is 1.60 bits per heavy atom. The minimum absolute atomic E-state index is 0.635. The van der Waals surface area contributed by atoms with Crippen LogP contribution in [0.5, 0.6) is 0 Å². The van der Waals surface area contributed by atoms with Gasteiger partial charge in [0.1, 0.15) is 0 Å². The SMILES string of the molecule is c1ccc(-c2cccc(-c3nc(-c4ccc(-c5c6ccccc6cc6c5ccc5ccccc56)cc4)nc(-c4ccc5c(c4)-c4cccc6cccc-5c46)n3)c2)cc1. The van der Waals surface area contributed by atoms with Gasteiger partial charge in [0.2, 0.25) is 0 Å². The Labute approximate surface area is 335 Å². The predicted octanol–water partition coefficient (Wildman–Crippen LogP) is 14.5. The molecule has 3 nitrogen and oxygen atoms in total. The highest BCUT2D eigenvalue weighted by atomic mass is 15.0. The Hall–Kier alpha value is -7.75. The molecule has 0 amide bonds. The van der Waals surface area contributed by atoms with E-state index in [-0.39, 0.29) is 0 Å². The molecule has 268 valence electrons. The maximum atomic E-state index is 5.22. The molecule has 0 atom stereocenters. The third-order valence-corrected chi connectivity index (χ3v) is 11.8. The van der Waals surface area contributed by atoms with Gasteiger partial charge in [0.05, 0.1) is 0 Å². The first kappa shape index (κ1) is 32.5. The molecule has 3 heteroatoms. The van der Waals surface area contributed by atoms with Gasteiger partial charge >= 0.3 is 0 Å². The van der Waals surface area contributed by atoms with Gasteiger partial charge in [-0.3, -0.25) is 0 Å². The summed E-state index contributed by atoms with van der Waals surface area (Å²) in [6.45, 7) is 0. The van der Waals surface area contributed by atoms with Gasteiger partial charge in [0.15, 0.2) is 17.5 Å². The van der Waals surface area contributed by atoms with Gasteiger partial charge in [-0.05, 0) is 106 Å². The van der Waals surface area contributed by atoms with Crippen LogP contribution in [0.4, 0.5) is 0 Å². The van der Waals surface area contributed by atoms with Crippen LogP contribution in [0.25, 0.3) is 122 Å². The van der Waals surface area contributed by atoms with Crippen LogP contribution in [-0.2, 0) is 0 Å². The van der Waals surface area contributed by atoms with Gasteiger partial charge < -0.3 is 0 Å². The summed E-state index contributed by atoms with van der Waals surface area (Å²) in [5.74, 6) is 1.92. The number of aromatic nitrogens is 3. The van der Waals surface area contributed by atoms with E-state index in [1.807, 2.05) is 6.07 Å². The van der Waals surface area contributed by atoms with E-state index in [9.17, 15) is 0 Å². The van der Waals surface area contributed by atoms with Crippen molar-refractivity contribution in [2.75, 3.05) is 0 Å². The second-order valence-electron chi connectivity index (χ2n) is 15.2. The van der Waals surface area contributed by atoms with E-state index in [2.05, 4.69) is 194 Å². The van der Waals surface area contributed by atoms with E-state index in [4.69, 9.17) is 15.0 Å². The summed E-state index contributed by atoms with van der Waals surface area (Å²) in [7, 11) is 0. The largest absolute Gasteiger partial charge is 0.208 e. The molecule has 0 bridgehead atoms. The molecular weight excluding hydrogens is 703 g/mol. The normalized spacial score (nSPS) is 11.8. The summed E-state index contributed by atoms with van der Waals surface area (Å²) in [5, 5.41) is 10.0. The predicted molar refractivity (Wildman–Crippen MR) is 241 cm³/mol. The molecule has 1 aliphatic rings. The van der Waals surface area contributed by atoms with E-state index in [1.165, 1.54) is 70.9 Å². The number of rotatable bonds is 5. The maximum Gasteiger partial charge on any atom is 0.164 e. The van der Waals surface area contributed by atoms with Gasteiger partial charge in [-0.1, -0.05) is 182 Å². The van der Waals surface area contributed by atoms with Crippen molar-refractivity contribution in [1.82, 2.24) is 15.0 Å². The maximum absolute atomic E-state index is 5.22. The zero-order chi connectivity index (χ0) is 38.2. The summed E-state index contributed by atoms with van der Waals surface area (Å²) >= 11 is 0. The summed E-state index contributed by atoms with van der Waals surface area (Å²) in [4.78, 5) is 15.6. The van der Waals surface area contributed by atoms with Crippen molar-refractivity contribution >= 4 is 43.1 Å². The second-order valence-corrected chi connectivity index (χ2v) is 15.2. The first-order valence-corrected chi connectivity index (χ1v) is 19.8. The van der Waals surface area contributed by atoms with Gasteiger partial charge in [-0.25, -0.2) is 15.0 Å². The molecule has 0 spiro atoms. The van der Waals surface area contributed by atoms with E-state index >= 15 is 0 Å². The average Bonchev–Trinajstić information content (AvgIpc) is 3.62. The molecule has 0 unspecified atom stereocenters. The smallest absolute Gasteiger partial charge is 0.164 e. The van der Waals surface area contributed by atoms with E-state index in [0.29, 0.717) is 17.5 Å². The van der Waals surface area contributed by atoms with Crippen LogP contribution in [0.15, 0.2) is 200 Å². The third kappa shape index (κ3) is 5.18. The molecule has 0 aliphatic heterocycles. The van der Waals surface area contributed by atoms with Crippen LogP contribution in [-0.4, -0.2) is 15.0 Å². The zero-order valence-corrected chi connectivity index (χ0v) is 31.4. The van der Waals surface area contributed by atoms with Crippen LogP contribution in [0.1, 0.15) is 0 Å². The highest BCUT2D eigenvalue weighted by Crippen LogP contribution is 2.48. The first-order chi connectivity index (χ1) is 28.7. The molecule has 0 fully saturated rings. The summed E-state index contributed by atoms with van der Waals surface area (Å²) in [5.41, 5.74) is 12.4. The van der Waals surface area contributed by atoms with Crippen LogP contribution in [0, 0.1) is 0 Å². The molecule has 11 aromatic rings. The number of hydrogen-bond donors (Lipinski definition) is 0. The lowest BCUT2D eigenvalue weighted by Gasteiger charge is -2.15. The van der Waals surface area contributed by atoms with Crippen LogP contribution >= 0.6 is 0 Å². The lowest BCUT2D eigenvalue weighted by molar-refractivity contribution is 1.07. The van der Waals surface area contributed by atoms with Gasteiger partial charge in [0.25, 0.3) is 0 Å². The fraction of sp³-hybridized carbons (Fsp3) is 0. The first-order valence-electron chi connectivity index (χ1n) is 19.8. The van der Waals surface area contributed by atoms with Crippen LogP contribution < -0.4 is 0 Å². The van der Waals surface area contributed by atoms with E-state index in [1.54, 1.807) is 0 Å². The molecule has 0 N–H and O–H groups in total. The summed E-state index contributed by atoms with van der Waals surface area (Å²) in [6.07, 6.45) is 0. The zero-order valence-electron chi connectivity index (χ0n) is 31.4. The van der Waals surface area contributed by atoms with E-state index < -0.39 is 0 Å². The highest BCUT2D eigenvalue weighted by Gasteiger charge is 2.23. The Morgan fingerprint density at radius 2 is 0.810 bits per heavy atom. The van der Waals surface area contributed by atoms with Crippen molar-refractivity contribution in [3.8, 4) is 78.7 Å². The van der Waals surface area contributed by atoms with Gasteiger partial charge in [0, 0.05) is 16.7 Å². The minimum Gasteiger partial charge on any atom is -0.208 e. The third-order valence-electron chi connectivity index (χ3n) is 11.8. The molecule has 1 heterocycles. The molecule has 58 heavy (non-hydrogen) atoms. The molecule has 0 radical (unpaired) electrons. The van der Waals surface area contributed by atoms with Crippen molar-refractivity contribution in [3.63, 3.8) is 0 Å². The Bertz CT molecular complexity index is 3440. The van der Waals surface area contributed by atoms with Crippen molar-refractivity contribution < 1.29 is 0 Å². The summed E-state index contributed by atoms with van der Waals surface area (Å²) in [6, 6.07) is 71.7.